The number of hydrogen-bond acceptors (Lipinski definition) is 4. The molecule has 1 aromatic rings. The van der Waals surface area contributed by atoms with Gasteiger partial charge < -0.3 is 19.4 Å². The van der Waals surface area contributed by atoms with E-state index in [9.17, 15) is 14.4 Å². The Morgan fingerprint density at radius 3 is 2.54 bits per heavy atom. The quantitative estimate of drug-likeness (QED) is 0.775. The number of carbonyl (C=O) groups is 3. The zero-order chi connectivity index (χ0) is 18.7. The molecule has 2 aliphatic heterocycles. The number of rotatable bonds is 5. The Hall–Kier alpha value is -2.41. The van der Waals surface area contributed by atoms with Gasteiger partial charge in [-0.25, -0.2) is 0 Å². The Labute approximate surface area is 153 Å². The average Bonchev–Trinajstić information content (AvgIpc) is 3.01. The lowest BCUT2D eigenvalue weighted by molar-refractivity contribution is -0.140. The third-order valence-electron chi connectivity index (χ3n) is 5.01. The molecule has 26 heavy (non-hydrogen) atoms. The highest BCUT2D eigenvalue weighted by atomic mass is 16.5. The summed E-state index contributed by atoms with van der Waals surface area (Å²) in [6.45, 7) is 4.40. The number of anilines is 1. The van der Waals surface area contributed by atoms with Crippen LogP contribution in [0.4, 0.5) is 5.69 Å². The van der Waals surface area contributed by atoms with Gasteiger partial charge in [-0.15, -0.1) is 0 Å². The fourth-order valence-electron chi connectivity index (χ4n) is 3.47. The number of ether oxygens (including phenoxy) is 1. The number of aryl methyl sites for hydroxylation is 1. The topological polar surface area (TPSA) is 70.2 Å². The lowest BCUT2D eigenvalue weighted by Crippen LogP contribution is -2.54. The summed E-state index contributed by atoms with van der Waals surface area (Å²) in [5.74, 6) is -0.577. The zero-order valence-corrected chi connectivity index (χ0v) is 15.3. The average molecular weight is 359 g/mol. The molecule has 1 aromatic carbocycles. The maximum atomic E-state index is 12.7. The minimum atomic E-state index is -0.363. The SMILES string of the molecule is COCCN1C[C@@H](C(=O)N2CCN(c3ccc(C)cc3)C(=O)C2)CC1=O. The minimum absolute atomic E-state index is 0.0231. The van der Waals surface area contributed by atoms with Crippen molar-refractivity contribution in [3.05, 3.63) is 29.8 Å². The first-order valence-electron chi connectivity index (χ1n) is 8.92. The zero-order valence-electron chi connectivity index (χ0n) is 15.3. The Morgan fingerprint density at radius 2 is 1.88 bits per heavy atom. The molecule has 0 aliphatic carbocycles. The lowest BCUT2D eigenvalue weighted by Gasteiger charge is -2.35. The van der Waals surface area contributed by atoms with Crippen molar-refractivity contribution in [1.29, 1.82) is 0 Å². The Kier molecular flexibility index (Phi) is 5.56. The van der Waals surface area contributed by atoms with E-state index >= 15 is 0 Å². The number of benzene rings is 1. The van der Waals surface area contributed by atoms with Crippen LogP contribution in [0.5, 0.6) is 0 Å². The van der Waals surface area contributed by atoms with Crippen LogP contribution in [-0.4, -0.2) is 74.0 Å². The van der Waals surface area contributed by atoms with Gasteiger partial charge in [0.1, 0.15) is 6.54 Å². The van der Waals surface area contributed by atoms with Crippen LogP contribution in [0.15, 0.2) is 24.3 Å². The van der Waals surface area contributed by atoms with Crippen molar-refractivity contribution in [2.45, 2.75) is 13.3 Å². The molecule has 0 saturated carbocycles. The first-order valence-corrected chi connectivity index (χ1v) is 8.92. The third kappa shape index (κ3) is 3.88. The predicted molar refractivity (Wildman–Crippen MR) is 96.7 cm³/mol. The predicted octanol–water partition coefficient (Wildman–Crippen LogP) is 0.665. The Balaban J connectivity index is 1.58. The Morgan fingerprint density at radius 1 is 1.15 bits per heavy atom. The molecule has 2 aliphatic rings. The second kappa shape index (κ2) is 7.86. The van der Waals surface area contributed by atoms with Crippen LogP contribution in [0.2, 0.25) is 0 Å². The van der Waals surface area contributed by atoms with E-state index < -0.39 is 0 Å². The molecule has 0 unspecified atom stereocenters. The summed E-state index contributed by atoms with van der Waals surface area (Å²) < 4.78 is 5.00. The first-order chi connectivity index (χ1) is 12.5. The van der Waals surface area contributed by atoms with Crippen molar-refractivity contribution in [2.75, 3.05) is 51.3 Å². The molecule has 2 heterocycles. The molecule has 2 fully saturated rings. The van der Waals surface area contributed by atoms with Gasteiger partial charge in [0, 0.05) is 45.4 Å². The van der Waals surface area contributed by atoms with Crippen molar-refractivity contribution in [3.63, 3.8) is 0 Å². The van der Waals surface area contributed by atoms with Crippen molar-refractivity contribution >= 4 is 23.4 Å². The normalized spacial score (nSPS) is 20.8. The van der Waals surface area contributed by atoms with E-state index in [4.69, 9.17) is 4.74 Å². The lowest BCUT2D eigenvalue weighted by atomic mass is 10.1. The molecule has 2 saturated heterocycles. The second-order valence-corrected chi connectivity index (χ2v) is 6.87. The number of nitrogens with zero attached hydrogens (tertiary/aromatic N) is 3. The highest BCUT2D eigenvalue weighted by Gasteiger charge is 2.38. The molecule has 3 rings (SSSR count). The van der Waals surface area contributed by atoms with E-state index in [0.717, 1.165) is 11.3 Å². The van der Waals surface area contributed by atoms with Crippen LogP contribution in [0.25, 0.3) is 0 Å². The second-order valence-electron chi connectivity index (χ2n) is 6.87. The summed E-state index contributed by atoms with van der Waals surface area (Å²) in [5.41, 5.74) is 1.99. The van der Waals surface area contributed by atoms with Crippen LogP contribution >= 0.6 is 0 Å². The number of carbonyl (C=O) groups excluding carboxylic acids is 3. The van der Waals surface area contributed by atoms with Crippen molar-refractivity contribution in [2.24, 2.45) is 5.92 Å². The summed E-state index contributed by atoms with van der Waals surface area (Å²) in [4.78, 5) is 42.3. The van der Waals surface area contributed by atoms with Gasteiger partial charge in [-0.2, -0.15) is 0 Å². The molecule has 7 nitrogen and oxygen atoms in total. The monoisotopic (exact) mass is 359 g/mol. The molecule has 0 bridgehead atoms. The van der Waals surface area contributed by atoms with Gasteiger partial charge in [-0.05, 0) is 19.1 Å². The van der Waals surface area contributed by atoms with Gasteiger partial charge in [0.25, 0.3) is 0 Å². The smallest absolute Gasteiger partial charge is 0.246 e. The van der Waals surface area contributed by atoms with E-state index in [2.05, 4.69) is 0 Å². The molecular weight excluding hydrogens is 334 g/mol. The number of methoxy groups -OCH3 is 1. The van der Waals surface area contributed by atoms with E-state index in [0.29, 0.717) is 32.8 Å². The Bertz CT molecular complexity index is 689. The molecule has 0 spiro atoms. The minimum Gasteiger partial charge on any atom is -0.383 e. The third-order valence-corrected chi connectivity index (χ3v) is 5.01. The van der Waals surface area contributed by atoms with Gasteiger partial charge in [0.2, 0.25) is 17.7 Å². The van der Waals surface area contributed by atoms with Gasteiger partial charge >= 0.3 is 0 Å². The molecule has 0 N–H and O–H groups in total. The van der Waals surface area contributed by atoms with Crippen molar-refractivity contribution in [1.82, 2.24) is 9.80 Å². The fourth-order valence-corrected chi connectivity index (χ4v) is 3.47. The molecule has 140 valence electrons. The van der Waals surface area contributed by atoms with Crippen molar-refractivity contribution < 1.29 is 19.1 Å². The fraction of sp³-hybridized carbons (Fsp3) is 0.526. The van der Waals surface area contributed by atoms with E-state index in [-0.39, 0.29) is 36.6 Å². The van der Waals surface area contributed by atoms with Gasteiger partial charge in [-0.1, -0.05) is 17.7 Å². The van der Waals surface area contributed by atoms with Crippen LogP contribution in [0.1, 0.15) is 12.0 Å². The van der Waals surface area contributed by atoms with Gasteiger partial charge in [-0.3, -0.25) is 14.4 Å². The van der Waals surface area contributed by atoms with Crippen LogP contribution < -0.4 is 4.90 Å². The number of amides is 3. The van der Waals surface area contributed by atoms with Crippen LogP contribution in [-0.2, 0) is 19.1 Å². The largest absolute Gasteiger partial charge is 0.383 e. The van der Waals surface area contributed by atoms with Crippen LogP contribution in [0, 0.1) is 12.8 Å². The summed E-state index contributed by atoms with van der Waals surface area (Å²) in [7, 11) is 1.59. The van der Waals surface area contributed by atoms with E-state index in [1.165, 1.54) is 0 Å². The summed E-state index contributed by atoms with van der Waals surface area (Å²) in [6.07, 6.45) is 0.217. The summed E-state index contributed by atoms with van der Waals surface area (Å²) >= 11 is 0. The summed E-state index contributed by atoms with van der Waals surface area (Å²) in [5, 5.41) is 0. The maximum absolute atomic E-state index is 12.7. The van der Waals surface area contributed by atoms with Gasteiger partial charge in [0.15, 0.2) is 0 Å². The van der Waals surface area contributed by atoms with E-state index in [1.54, 1.807) is 21.8 Å². The first kappa shape index (κ1) is 18.4. The molecule has 1 atom stereocenters. The number of piperazine rings is 1. The molecule has 0 aromatic heterocycles. The van der Waals surface area contributed by atoms with Crippen molar-refractivity contribution in [3.8, 4) is 0 Å². The van der Waals surface area contributed by atoms with E-state index in [1.807, 2.05) is 31.2 Å². The molecular formula is C19H25N3O4. The van der Waals surface area contributed by atoms with Gasteiger partial charge in [0.05, 0.1) is 12.5 Å². The number of likely N-dealkylation sites (tertiary alicyclic amines) is 1. The standard InChI is InChI=1S/C19H25N3O4/c1-14-3-5-16(6-4-14)22-8-7-21(13-18(22)24)19(25)15-11-17(23)20(12-15)9-10-26-2/h3-6,15H,7-13H2,1-2H3/t15-/m0/s1. The maximum Gasteiger partial charge on any atom is 0.246 e. The highest BCUT2D eigenvalue weighted by Crippen LogP contribution is 2.23. The van der Waals surface area contributed by atoms with Crippen LogP contribution in [0.3, 0.4) is 0 Å². The molecule has 0 radical (unpaired) electrons. The molecule has 3 amide bonds. The molecule has 7 heteroatoms. The highest BCUT2D eigenvalue weighted by molar-refractivity contribution is 5.99. The number of hydrogen-bond donors (Lipinski definition) is 0. The summed E-state index contributed by atoms with van der Waals surface area (Å²) in [6, 6.07) is 7.79.